The van der Waals surface area contributed by atoms with Crippen molar-refractivity contribution >= 4 is 33.3 Å². The average Bonchev–Trinajstić information content (AvgIpc) is 3.63. The van der Waals surface area contributed by atoms with Gasteiger partial charge in [0.1, 0.15) is 17.3 Å². The smallest absolute Gasteiger partial charge is 0.160 e. The van der Waals surface area contributed by atoms with E-state index >= 15 is 0 Å². The Morgan fingerprint density at radius 2 is 1.26 bits per heavy atom. The first-order valence-corrected chi connectivity index (χ1v) is 19.7. The van der Waals surface area contributed by atoms with Gasteiger partial charge in [-0.1, -0.05) is 164 Å². The van der Waals surface area contributed by atoms with Crippen molar-refractivity contribution in [2.45, 2.75) is 25.2 Å². The highest BCUT2D eigenvalue weighted by Gasteiger charge is 2.23. The lowest BCUT2D eigenvalue weighted by Gasteiger charge is -2.16. The molecule has 0 saturated carbocycles. The number of benzene rings is 6. The first-order valence-electron chi connectivity index (χ1n) is 19.7. The van der Waals surface area contributed by atoms with Crippen molar-refractivity contribution in [2.75, 3.05) is 0 Å². The maximum atomic E-state index is 5.38. The van der Waals surface area contributed by atoms with Crippen molar-refractivity contribution in [1.82, 2.24) is 24.3 Å². The summed E-state index contributed by atoms with van der Waals surface area (Å²) < 4.78 is 2.26. The van der Waals surface area contributed by atoms with Gasteiger partial charge >= 0.3 is 0 Å². The quantitative estimate of drug-likeness (QED) is 0.171. The van der Waals surface area contributed by atoms with E-state index in [-0.39, 0.29) is 5.92 Å². The van der Waals surface area contributed by atoms with Gasteiger partial charge in [-0.05, 0) is 64.9 Å². The van der Waals surface area contributed by atoms with E-state index in [1.165, 1.54) is 16.5 Å². The van der Waals surface area contributed by atoms with Crippen LogP contribution in [0.5, 0.6) is 0 Å². The summed E-state index contributed by atoms with van der Waals surface area (Å²) >= 11 is 0. The fourth-order valence-electron chi connectivity index (χ4n) is 8.43. The summed E-state index contributed by atoms with van der Waals surface area (Å²) in [6, 6.07) is 51.6. The number of nitrogens with zero attached hydrogens (tertiary/aromatic N) is 5. The second kappa shape index (κ2) is 13.8. The van der Waals surface area contributed by atoms with Crippen LogP contribution in [-0.2, 0) is 6.42 Å². The van der Waals surface area contributed by atoms with Gasteiger partial charge < -0.3 is 0 Å². The van der Waals surface area contributed by atoms with Crippen LogP contribution in [0.1, 0.15) is 35.7 Å². The van der Waals surface area contributed by atoms with Crippen LogP contribution < -0.4 is 0 Å². The lowest BCUT2D eigenvalue weighted by atomic mass is 9.94. The van der Waals surface area contributed by atoms with Gasteiger partial charge in [-0.25, -0.2) is 19.9 Å². The Morgan fingerprint density at radius 3 is 2.11 bits per heavy atom. The molecule has 5 heteroatoms. The monoisotopic (exact) mass is 731 g/mol. The standard InChI is InChI=1S/C52H37N5/c1-3-15-37(16-4-1)48-44-21-11-12-22-45(44)52-56-49(38-17-5-2-6-18-38)55-51(57(48)52)39-27-25-36(26-28-39)46-33-47(42-29-23-34-13-7-9-19-40(34)31-42)54-50(53-46)43-30-24-35-14-8-10-20-41(35)32-43/h1-6,8-12,14-17,19-33,38H,7,13,18H2. The van der Waals surface area contributed by atoms with Crippen molar-refractivity contribution in [3.63, 3.8) is 0 Å². The maximum Gasteiger partial charge on any atom is 0.160 e. The number of aryl methyl sites for hydroxylation is 1. The lowest BCUT2D eigenvalue weighted by molar-refractivity contribution is 0.767. The molecule has 57 heavy (non-hydrogen) atoms. The minimum absolute atomic E-state index is 0.0962. The molecule has 2 aliphatic rings. The third-order valence-corrected chi connectivity index (χ3v) is 11.4. The van der Waals surface area contributed by atoms with Crippen LogP contribution in [0.25, 0.3) is 89.8 Å². The third kappa shape index (κ3) is 5.96. The van der Waals surface area contributed by atoms with E-state index in [4.69, 9.17) is 19.9 Å². The Morgan fingerprint density at radius 1 is 0.526 bits per heavy atom. The van der Waals surface area contributed by atoms with E-state index in [9.17, 15) is 0 Å². The summed E-state index contributed by atoms with van der Waals surface area (Å²) in [5.41, 5.74) is 11.6. The molecular formula is C52H37N5. The molecule has 1 unspecified atom stereocenters. The summed E-state index contributed by atoms with van der Waals surface area (Å²) in [6.45, 7) is 0. The fourth-order valence-corrected chi connectivity index (χ4v) is 8.43. The molecule has 6 aromatic carbocycles. The molecule has 1 atom stereocenters. The number of allylic oxidation sites excluding steroid dienone is 5. The molecule has 3 aromatic heterocycles. The van der Waals surface area contributed by atoms with Crippen LogP contribution in [-0.4, -0.2) is 24.3 Å². The lowest BCUT2D eigenvalue weighted by Crippen LogP contribution is -2.09. The molecule has 2 aliphatic carbocycles. The first-order chi connectivity index (χ1) is 28.2. The van der Waals surface area contributed by atoms with Gasteiger partial charge in [-0.2, -0.15) is 0 Å². The summed E-state index contributed by atoms with van der Waals surface area (Å²) in [5.74, 6) is 2.49. The number of aromatic nitrogens is 5. The molecular weight excluding hydrogens is 695 g/mol. The number of fused-ring (bicyclic) bond motifs is 5. The van der Waals surface area contributed by atoms with Gasteiger partial charge in [0.25, 0.3) is 0 Å². The van der Waals surface area contributed by atoms with Gasteiger partial charge in [-0.3, -0.25) is 4.40 Å². The summed E-state index contributed by atoms with van der Waals surface area (Å²) in [5, 5.41) is 4.62. The van der Waals surface area contributed by atoms with E-state index in [0.29, 0.717) is 5.82 Å². The molecule has 0 spiro atoms. The topological polar surface area (TPSA) is 56.0 Å². The van der Waals surface area contributed by atoms with Gasteiger partial charge in [0, 0.05) is 38.9 Å². The molecule has 5 nitrogen and oxygen atoms in total. The maximum absolute atomic E-state index is 5.38. The van der Waals surface area contributed by atoms with Crippen LogP contribution in [0.3, 0.4) is 0 Å². The predicted octanol–water partition coefficient (Wildman–Crippen LogP) is 12.7. The minimum Gasteiger partial charge on any atom is -0.277 e. The van der Waals surface area contributed by atoms with Gasteiger partial charge in [-0.15, -0.1) is 0 Å². The van der Waals surface area contributed by atoms with Crippen LogP contribution in [0.4, 0.5) is 0 Å². The van der Waals surface area contributed by atoms with Crippen molar-refractivity contribution in [3.8, 4) is 56.5 Å². The van der Waals surface area contributed by atoms with Crippen LogP contribution in [0, 0.1) is 0 Å². The molecule has 3 heterocycles. The van der Waals surface area contributed by atoms with Crippen LogP contribution in [0.15, 0.2) is 176 Å². The Labute approximate surface area is 331 Å². The van der Waals surface area contributed by atoms with E-state index in [1.807, 2.05) is 0 Å². The number of rotatable bonds is 6. The van der Waals surface area contributed by atoms with Crippen molar-refractivity contribution in [1.29, 1.82) is 0 Å². The third-order valence-electron chi connectivity index (χ3n) is 11.4. The summed E-state index contributed by atoms with van der Waals surface area (Å²) in [6.07, 6.45) is 16.1. The van der Waals surface area contributed by atoms with E-state index in [0.717, 1.165) is 97.6 Å². The zero-order valence-corrected chi connectivity index (χ0v) is 31.3. The summed E-state index contributed by atoms with van der Waals surface area (Å²) in [4.78, 5) is 21.1. The van der Waals surface area contributed by atoms with Crippen molar-refractivity contribution in [2.24, 2.45) is 0 Å². The first kappa shape index (κ1) is 33.1. The average molecular weight is 732 g/mol. The highest BCUT2D eigenvalue weighted by Crippen LogP contribution is 2.39. The molecule has 0 fully saturated rings. The van der Waals surface area contributed by atoms with Crippen LogP contribution in [0.2, 0.25) is 0 Å². The van der Waals surface area contributed by atoms with Crippen LogP contribution >= 0.6 is 0 Å². The molecule has 270 valence electrons. The van der Waals surface area contributed by atoms with Gasteiger partial charge in [0.2, 0.25) is 0 Å². The van der Waals surface area contributed by atoms with Crippen molar-refractivity contribution < 1.29 is 0 Å². The predicted molar refractivity (Wildman–Crippen MR) is 234 cm³/mol. The fraction of sp³-hybridized carbons (Fsp3) is 0.0769. The zero-order valence-electron chi connectivity index (χ0n) is 31.3. The Balaban J connectivity index is 1.08. The van der Waals surface area contributed by atoms with Gasteiger partial charge in [0.05, 0.1) is 17.1 Å². The molecule has 0 aliphatic heterocycles. The number of hydrogen-bond donors (Lipinski definition) is 0. The highest BCUT2D eigenvalue weighted by atomic mass is 15.1. The normalized spacial score (nSPS) is 14.8. The highest BCUT2D eigenvalue weighted by molar-refractivity contribution is 6.06. The molecule has 0 radical (unpaired) electrons. The Kier molecular flexibility index (Phi) is 8.02. The molecule has 0 saturated heterocycles. The zero-order chi connectivity index (χ0) is 37.7. The van der Waals surface area contributed by atoms with E-state index in [2.05, 4.69) is 186 Å². The van der Waals surface area contributed by atoms with Gasteiger partial charge in [0.15, 0.2) is 5.82 Å². The Hall–Kier alpha value is -7.24. The summed E-state index contributed by atoms with van der Waals surface area (Å²) in [7, 11) is 0. The number of hydrogen-bond acceptors (Lipinski definition) is 4. The minimum atomic E-state index is 0.0962. The second-order valence-electron chi connectivity index (χ2n) is 14.9. The largest absolute Gasteiger partial charge is 0.277 e. The SMILES string of the molecule is C1=CCC(c2nc(-c3ccc(-c4cc(-c5ccc6c(c5)C=CCC6)nc(-c5ccc6ccccc6c5)n4)cc3)n3c(-c4ccccc4)c4ccccc4c3n2)C=C1. The van der Waals surface area contributed by atoms with E-state index < -0.39 is 0 Å². The Bertz CT molecular complexity index is 3100. The molecule has 11 rings (SSSR count). The molecule has 0 N–H and O–H groups in total. The van der Waals surface area contributed by atoms with Crippen molar-refractivity contribution in [3.05, 3.63) is 193 Å². The van der Waals surface area contributed by atoms with E-state index in [1.54, 1.807) is 0 Å². The molecule has 0 amide bonds. The second-order valence-corrected chi connectivity index (χ2v) is 14.9. The molecule has 0 bridgehead atoms. The molecule has 9 aromatic rings.